The topological polar surface area (TPSA) is 105 Å². The molecule has 0 spiro atoms. The fourth-order valence-electron chi connectivity index (χ4n) is 1.85. The molecule has 0 radical (unpaired) electrons. The van der Waals surface area contributed by atoms with Crippen molar-refractivity contribution in [3.63, 3.8) is 0 Å². The molecule has 0 aliphatic heterocycles. The van der Waals surface area contributed by atoms with Crippen molar-refractivity contribution in [2.75, 3.05) is 11.9 Å². The number of hydrogen-bond donors (Lipinski definition) is 3. The Morgan fingerprint density at radius 1 is 1.17 bits per heavy atom. The van der Waals surface area contributed by atoms with E-state index in [1.807, 2.05) is 0 Å². The standard InChI is InChI=1S/C16H22N2O5/c1-10(19)18-12-7-5-11(6-8-12)13(14(20)21)9-17-15(22)23-16(2,3)4/h5-8,13H,9H2,1-4H3,(H,17,22)(H,18,19)(H,20,21). The Morgan fingerprint density at radius 2 is 1.74 bits per heavy atom. The number of carbonyl (C=O) groups is 3. The van der Waals surface area contributed by atoms with Gasteiger partial charge in [0.25, 0.3) is 0 Å². The highest BCUT2D eigenvalue weighted by Crippen LogP contribution is 2.19. The molecule has 0 heterocycles. The quantitative estimate of drug-likeness (QED) is 0.771. The SMILES string of the molecule is CC(=O)Nc1ccc(C(CNC(=O)OC(C)(C)C)C(=O)O)cc1. The van der Waals surface area contributed by atoms with Crippen LogP contribution in [0.4, 0.5) is 10.5 Å². The Bertz CT molecular complexity index is 575. The molecule has 7 nitrogen and oxygen atoms in total. The summed E-state index contributed by atoms with van der Waals surface area (Å²) in [5, 5.41) is 14.4. The van der Waals surface area contributed by atoms with Crippen LogP contribution in [0.5, 0.6) is 0 Å². The molecule has 0 saturated carbocycles. The van der Waals surface area contributed by atoms with E-state index in [0.29, 0.717) is 11.3 Å². The van der Waals surface area contributed by atoms with Crippen molar-refractivity contribution in [2.24, 2.45) is 0 Å². The van der Waals surface area contributed by atoms with Crippen LogP contribution < -0.4 is 10.6 Å². The number of anilines is 1. The summed E-state index contributed by atoms with van der Waals surface area (Å²) in [5.74, 6) is -2.18. The number of carboxylic acids is 1. The molecular formula is C16H22N2O5. The fraction of sp³-hybridized carbons (Fsp3) is 0.438. The van der Waals surface area contributed by atoms with Gasteiger partial charge in [-0.2, -0.15) is 0 Å². The summed E-state index contributed by atoms with van der Waals surface area (Å²) in [6.07, 6.45) is -0.668. The van der Waals surface area contributed by atoms with Gasteiger partial charge < -0.3 is 20.5 Å². The molecule has 23 heavy (non-hydrogen) atoms. The lowest BCUT2D eigenvalue weighted by Crippen LogP contribution is -2.36. The first-order chi connectivity index (χ1) is 10.6. The van der Waals surface area contributed by atoms with Crippen LogP contribution in [0.1, 0.15) is 39.2 Å². The summed E-state index contributed by atoms with van der Waals surface area (Å²) >= 11 is 0. The van der Waals surface area contributed by atoms with E-state index >= 15 is 0 Å². The van der Waals surface area contributed by atoms with Crippen molar-refractivity contribution >= 4 is 23.7 Å². The van der Waals surface area contributed by atoms with Gasteiger partial charge >= 0.3 is 12.1 Å². The molecule has 7 heteroatoms. The molecule has 0 aliphatic rings. The molecule has 1 atom stereocenters. The molecule has 0 saturated heterocycles. The Morgan fingerprint density at radius 3 is 2.17 bits per heavy atom. The number of amides is 2. The van der Waals surface area contributed by atoms with E-state index in [1.54, 1.807) is 45.0 Å². The molecule has 2 amide bonds. The third kappa shape index (κ3) is 6.82. The molecule has 0 fully saturated rings. The number of carboxylic acid groups (broad SMARTS) is 1. The zero-order valence-electron chi connectivity index (χ0n) is 13.7. The van der Waals surface area contributed by atoms with Crippen molar-refractivity contribution in [3.8, 4) is 0 Å². The lowest BCUT2D eigenvalue weighted by atomic mass is 9.99. The van der Waals surface area contributed by atoms with Crippen molar-refractivity contribution in [1.29, 1.82) is 0 Å². The van der Waals surface area contributed by atoms with E-state index in [2.05, 4.69) is 10.6 Å². The van der Waals surface area contributed by atoms with E-state index in [-0.39, 0.29) is 12.5 Å². The molecule has 1 aromatic carbocycles. The molecule has 0 bridgehead atoms. The van der Waals surface area contributed by atoms with Gasteiger partial charge in [-0.25, -0.2) is 4.79 Å². The molecule has 1 unspecified atom stereocenters. The fourth-order valence-corrected chi connectivity index (χ4v) is 1.85. The van der Waals surface area contributed by atoms with Gasteiger partial charge in [0.15, 0.2) is 0 Å². The maximum Gasteiger partial charge on any atom is 0.407 e. The van der Waals surface area contributed by atoms with E-state index in [4.69, 9.17) is 4.74 Å². The van der Waals surface area contributed by atoms with Gasteiger partial charge in [0.1, 0.15) is 5.60 Å². The number of rotatable bonds is 5. The van der Waals surface area contributed by atoms with Gasteiger partial charge in [0, 0.05) is 19.2 Å². The number of benzene rings is 1. The van der Waals surface area contributed by atoms with Crippen molar-refractivity contribution in [2.45, 2.75) is 39.2 Å². The molecule has 0 aromatic heterocycles. The van der Waals surface area contributed by atoms with Crippen LogP contribution in [0.3, 0.4) is 0 Å². The summed E-state index contributed by atoms with van der Waals surface area (Å²) in [7, 11) is 0. The predicted octanol–water partition coefficient (Wildman–Crippen LogP) is 2.34. The monoisotopic (exact) mass is 322 g/mol. The number of carbonyl (C=O) groups excluding carboxylic acids is 2. The molecule has 0 aliphatic carbocycles. The summed E-state index contributed by atoms with van der Waals surface area (Å²) in [4.78, 5) is 34.0. The molecule has 3 N–H and O–H groups in total. The van der Waals surface area contributed by atoms with E-state index < -0.39 is 23.6 Å². The van der Waals surface area contributed by atoms with Crippen LogP contribution in [-0.2, 0) is 14.3 Å². The Hall–Kier alpha value is -2.57. The van der Waals surface area contributed by atoms with Crippen molar-refractivity contribution < 1.29 is 24.2 Å². The lowest BCUT2D eigenvalue weighted by molar-refractivity contribution is -0.138. The van der Waals surface area contributed by atoms with Crippen molar-refractivity contribution in [1.82, 2.24) is 5.32 Å². The van der Waals surface area contributed by atoms with Crippen LogP contribution in [0.2, 0.25) is 0 Å². The Kier molecular flexibility index (Phi) is 6.12. The average molecular weight is 322 g/mol. The number of aliphatic carboxylic acids is 1. The normalized spacial score (nSPS) is 12.2. The van der Waals surface area contributed by atoms with Gasteiger partial charge in [-0.15, -0.1) is 0 Å². The van der Waals surface area contributed by atoms with E-state index in [0.717, 1.165) is 0 Å². The smallest absolute Gasteiger partial charge is 0.407 e. The summed E-state index contributed by atoms with van der Waals surface area (Å²) in [6, 6.07) is 6.42. The molecule has 1 aromatic rings. The predicted molar refractivity (Wildman–Crippen MR) is 85.4 cm³/mol. The number of hydrogen-bond acceptors (Lipinski definition) is 4. The van der Waals surface area contributed by atoms with Crippen LogP contribution in [0, 0.1) is 0 Å². The summed E-state index contributed by atoms with van der Waals surface area (Å²) in [6.45, 7) is 6.47. The highest BCUT2D eigenvalue weighted by Gasteiger charge is 2.22. The van der Waals surface area contributed by atoms with Gasteiger partial charge in [-0.05, 0) is 38.5 Å². The maximum absolute atomic E-state index is 11.6. The van der Waals surface area contributed by atoms with Gasteiger partial charge in [0.05, 0.1) is 5.92 Å². The molecular weight excluding hydrogens is 300 g/mol. The number of alkyl carbamates (subject to hydrolysis) is 1. The number of nitrogens with one attached hydrogen (secondary N) is 2. The van der Waals surface area contributed by atoms with Crippen LogP contribution in [-0.4, -0.2) is 35.2 Å². The van der Waals surface area contributed by atoms with E-state index in [9.17, 15) is 19.5 Å². The second-order valence-corrected chi connectivity index (χ2v) is 6.08. The summed E-state index contributed by atoms with van der Waals surface area (Å²) < 4.78 is 5.08. The average Bonchev–Trinajstić information content (AvgIpc) is 2.37. The Labute approximate surface area is 135 Å². The minimum absolute atomic E-state index is 0.0935. The van der Waals surface area contributed by atoms with Gasteiger partial charge in [-0.3, -0.25) is 9.59 Å². The third-order valence-electron chi connectivity index (χ3n) is 2.78. The first-order valence-electron chi connectivity index (χ1n) is 7.15. The maximum atomic E-state index is 11.6. The highest BCUT2D eigenvalue weighted by atomic mass is 16.6. The van der Waals surface area contributed by atoms with Gasteiger partial charge in [0.2, 0.25) is 5.91 Å². The first-order valence-corrected chi connectivity index (χ1v) is 7.15. The van der Waals surface area contributed by atoms with Crippen molar-refractivity contribution in [3.05, 3.63) is 29.8 Å². The molecule has 1 rings (SSSR count). The number of ether oxygens (including phenoxy) is 1. The minimum Gasteiger partial charge on any atom is -0.481 e. The van der Waals surface area contributed by atoms with Crippen LogP contribution in [0.15, 0.2) is 24.3 Å². The summed E-state index contributed by atoms with van der Waals surface area (Å²) in [5.41, 5.74) is 0.441. The lowest BCUT2D eigenvalue weighted by Gasteiger charge is -2.21. The van der Waals surface area contributed by atoms with E-state index in [1.165, 1.54) is 6.92 Å². The van der Waals surface area contributed by atoms with Crippen LogP contribution in [0.25, 0.3) is 0 Å². The molecule has 126 valence electrons. The zero-order chi connectivity index (χ0) is 17.6. The van der Waals surface area contributed by atoms with Crippen LogP contribution >= 0.6 is 0 Å². The first kappa shape index (κ1) is 18.5. The highest BCUT2D eigenvalue weighted by molar-refractivity contribution is 5.88. The minimum atomic E-state index is -1.06. The largest absolute Gasteiger partial charge is 0.481 e. The second kappa shape index (κ2) is 7.62. The third-order valence-corrected chi connectivity index (χ3v) is 2.78. The zero-order valence-corrected chi connectivity index (χ0v) is 13.7. The second-order valence-electron chi connectivity index (χ2n) is 6.08. The van der Waals surface area contributed by atoms with Gasteiger partial charge in [-0.1, -0.05) is 12.1 Å². The Balaban J connectivity index is 2.73.